The van der Waals surface area contributed by atoms with Gasteiger partial charge in [0.2, 0.25) is 0 Å². The van der Waals surface area contributed by atoms with Gasteiger partial charge in [0, 0.05) is 0 Å². The Kier molecular flexibility index (Phi) is 5.65. The molecular formula is C16H18O2. The van der Waals surface area contributed by atoms with Crippen molar-refractivity contribution in [2.24, 2.45) is 0 Å². The number of carbonyl (C=O) groups is 1. The van der Waals surface area contributed by atoms with Crippen LogP contribution in [0.15, 0.2) is 54.6 Å². The van der Waals surface area contributed by atoms with Crippen molar-refractivity contribution in [1.29, 1.82) is 0 Å². The van der Waals surface area contributed by atoms with Gasteiger partial charge in [-0.2, -0.15) is 0 Å². The highest BCUT2D eigenvalue weighted by Crippen LogP contribution is 2.13. The molecule has 2 aromatic rings. The third kappa shape index (κ3) is 4.06. The summed E-state index contributed by atoms with van der Waals surface area (Å²) >= 11 is 0. The number of benzene rings is 2. The molecular weight excluding hydrogens is 224 g/mol. The minimum absolute atomic E-state index is 0.411. The van der Waals surface area contributed by atoms with Crippen LogP contribution in [0.1, 0.15) is 28.4 Å². The molecule has 0 saturated heterocycles. The van der Waals surface area contributed by atoms with Crippen LogP contribution < -0.4 is 0 Å². The Morgan fingerprint density at radius 1 is 1.00 bits per heavy atom. The maximum atomic E-state index is 10.7. The largest absolute Gasteiger partial charge is 0.478 e. The molecule has 0 unspecified atom stereocenters. The Hall–Kier alpha value is -2.09. The fourth-order valence-electron chi connectivity index (χ4n) is 1.68. The summed E-state index contributed by atoms with van der Waals surface area (Å²) in [6.07, 6.45) is 0.882. The molecule has 2 rings (SSSR count). The van der Waals surface area contributed by atoms with Gasteiger partial charge in [-0.15, -0.1) is 0 Å². The average molecular weight is 242 g/mol. The molecule has 0 aliphatic rings. The zero-order chi connectivity index (χ0) is 13.4. The lowest BCUT2D eigenvalue weighted by molar-refractivity contribution is 0.0696. The topological polar surface area (TPSA) is 37.3 Å². The zero-order valence-corrected chi connectivity index (χ0v) is 10.8. The van der Waals surface area contributed by atoms with Crippen LogP contribution in [0.3, 0.4) is 0 Å². The van der Waals surface area contributed by atoms with Crippen LogP contribution >= 0.6 is 0 Å². The molecule has 2 heteroatoms. The van der Waals surface area contributed by atoms with Gasteiger partial charge in [-0.1, -0.05) is 55.5 Å². The van der Waals surface area contributed by atoms with Crippen LogP contribution in [-0.4, -0.2) is 11.1 Å². The first kappa shape index (κ1) is 14.0. The quantitative estimate of drug-likeness (QED) is 0.866. The van der Waals surface area contributed by atoms with E-state index in [0.717, 1.165) is 17.5 Å². The van der Waals surface area contributed by atoms with Crippen molar-refractivity contribution in [3.8, 4) is 0 Å². The highest BCUT2D eigenvalue weighted by molar-refractivity contribution is 5.89. The van der Waals surface area contributed by atoms with Crippen molar-refractivity contribution in [2.75, 3.05) is 0 Å². The SMILES string of the molecule is CCc1cccc(C(=O)O)c1C.c1ccccc1. The summed E-state index contributed by atoms with van der Waals surface area (Å²) in [5.41, 5.74) is 2.40. The summed E-state index contributed by atoms with van der Waals surface area (Å²) in [7, 11) is 0. The van der Waals surface area contributed by atoms with E-state index in [4.69, 9.17) is 5.11 Å². The number of rotatable bonds is 2. The first-order valence-corrected chi connectivity index (χ1v) is 5.98. The van der Waals surface area contributed by atoms with E-state index in [1.165, 1.54) is 0 Å². The number of aromatic carboxylic acids is 1. The molecule has 0 aliphatic heterocycles. The maximum Gasteiger partial charge on any atom is 0.335 e. The zero-order valence-electron chi connectivity index (χ0n) is 10.8. The lowest BCUT2D eigenvalue weighted by Gasteiger charge is -2.05. The Bertz CT molecular complexity index is 463. The predicted octanol–water partition coefficient (Wildman–Crippen LogP) is 3.94. The molecule has 0 aliphatic carbocycles. The Morgan fingerprint density at radius 2 is 1.50 bits per heavy atom. The normalized spacial score (nSPS) is 9.22. The van der Waals surface area contributed by atoms with E-state index in [9.17, 15) is 4.79 Å². The Morgan fingerprint density at radius 3 is 1.89 bits per heavy atom. The first-order chi connectivity index (χ1) is 8.66. The lowest BCUT2D eigenvalue weighted by Crippen LogP contribution is -2.01. The molecule has 0 heterocycles. The van der Waals surface area contributed by atoms with Gasteiger partial charge in [0.05, 0.1) is 5.56 Å². The molecule has 94 valence electrons. The van der Waals surface area contributed by atoms with Crippen LogP contribution in [0.5, 0.6) is 0 Å². The van der Waals surface area contributed by atoms with Crippen molar-refractivity contribution in [2.45, 2.75) is 20.3 Å². The highest BCUT2D eigenvalue weighted by atomic mass is 16.4. The molecule has 2 nitrogen and oxygen atoms in total. The Labute approximate surface area is 108 Å². The Balaban J connectivity index is 0.000000225. The highest BCUT2D eigenvalue weighted by Gasteiger charge is 2.07. The fourth-order valence-corrected chi connectivity index (χ4v) is 1.68. The minimum Gasteiger partial charge on any atom is -0.478 e. The smallest absolute Gasteiger partial charge is 0.335 e. The van der Waals surface area contributed by atoms with E-state index in [-0.39, 0.29) is 0 Å². The van der Waals surface area contributed by atoms with E-state index in [2.05, 4.69) is 0 Å². The van der Waals surface area contributed by atoms with Crippen LogP contribution in [0.2, 0.25) is 0 Å². The molecule has 0 radical (unpaired) electrons. The van der Waals surface area contributed by atoms with Crippen molar-refractivity contribution >= 4 is 5.97 Å². The van der Waals surface area contributed by atoms with Gasteiger partial charge >= 0.3 is 5.97 Å². The standard InChI is InChI=1S/C10H12O2.C6H6/c1-3-8-5-4-6-9(7(8)2)10(11)12;1-2-4-6-5-3-1/h4-6H,3H2,1-2H3,(H,11,12);1-6H. The number of carboxylic acids is 1. The van der Waals surface area contributed by atoms with Crippen LogP contribution in [0, 0.1) is 6.92 Å². The van der Waals surface area contributed by atoms with Gasteiger partial charge in [0.15, 0.2) is 0 Å². The minimum atomic E-state index is -0.845. The van der Waals surface area contributed by atoms with E-state index in [0.29, 0.717) is 5.56 Å². The summed E-state index contributed by atoms with van der Waals surface area (Å²) in [6, 6.07) is 17.4. The van der Waals surface area contributed by atoms with Crippen molar-refractivity contribution in [3.05, 3.63) is 71.3 Å². The van der Waals surface area contributed by atoms with Crippen LogP contribution in [0.25, 0.3) is 0 Å². The second-order valence-corrected chi connectivity index (χ2v) is 3.90. The monoisotopic (exact) mass is 242 g/mol. The first-order valence-electron chi connectivity index (χ1n) is 5.98. The van der Waals surface area contributed by atoms with Gasteiger partial charge in [-0.3, -0.25) is 0 Å². The third-order valence-corrected chi connectivity index (χ3v) is 2.72. The molecule has 2 aromatic carbocycles. The fraction of sp³-hybridized carbons (Fsp3) is 0.188. The van der Waals surface area contributed by atoms with Gasteiger partial charge in [-0.05, 0) is 30.5 Å². The molecule has 0 spiro atoms. The predicted molar refractivity (Wildman–Crippen MR) is 74.0 cm³/mol. The maximum absolute atomic E-state index is 10.7. The molecule has 0 amide bonds. The molecule has 0 bridgehead atoms. The second-order valence-electron chi connectivity index (χ2n) is 3.90. The number of hydrogen-bond acceptors (Lipinski definition) is 1. The molecule has 0 saturated carbocycles. The number of aryl methyl sites for hydroxylation is 1. The van der Waals surface area contributed by atoms with E-state index < -0.39 is 5.97 Å². The summed E-state index contributed by atoms with van der Waals surface area (Å²) in [6.45, 7) is 3.87. The van der Waals surface area contributed by atoms with Gasteiger partial charge < -0.3 is 5.11 Å². The summed E-state index contributed by atoms with van der Waals surface area (Å²) in [4.78, 5) is 10.7. The van der Waals surface area contributed by atoms with Gasteiger partial charge in [0.25, 0.3) is 0 Å². The van der Waals surface area contributed by atoms with Crippen molar-refractivity contribution in [1.82, 2.24) is 0 Å². The molecule has 18 heavy (non-hydrogen) atoms. The van der Waals surface area contributed by atoms with Crippen molar-refractivity contribution < 1.29 is 9.90 Å². The van der Waals surface area contributed by atoms with Crippen LogP contribution in [0.4, 0.5) is 0 Å². The number of hydrogen-bond donors (Lipinski definition) is 1. The van der Waals surface area contributed by atoms with Crippen molar-refractivity contribution in [3.63, 3.8) is 0 Å². The van der Waals surface area contributed by atoms with Gasteiger partial charge in [-0.25, -0.2) is 4.79 Å². The second kappa shape index (κ2) is 7.28. The summed E-state index contributed by atoms with van der Waals surface area (Å²) in [5, 5.41) is 8.79. The van der Waals surface area contributed by atoms with Crippen LogP contribution in [-0.2, 0) is 6.42 Å². The third-order valence-electron chi connectivity index (χ3n) is 2.72. The number of carboxylic acid groups (broad SMARTS) is 1. The van der Waals surface area contributed by atoms with E-state index >= 15 is 0 Å². The van der Waals surface area contributed by atoms with E-state index in [1.54, 1.807) is 12.1 Å². The van der Waals surface area contributed by atoms with Gasteiger partial charge in [0.1, 0.15) is 0 Å². The molecule has 0 aromatic heterocycles. The molecule has 0 fully saturated rings. The summed E-state index contributed by atoms with van der Waals surface area (Å²) in [5.74, 6) is -0.845. The van der Waals surface area contributed by atoms with E-state index in [1.807, 2.05) is 56.3 Å². The lowest BCUT2D eigenvalue weighted by atomic mass is 10.0. The average Bonchev–Trinajstić information content (AvgIpc) is 2.41. The summed E-state index contributed by atoms with van der Waals surface area (Å²) < 4.78 is 0. The molecule has 0 atom stereocenters. The molecule has 1 N–H and O–H groups in total.